The average molecular weight is 326 g/mol. The second-order valence-electron chi connectivity index (χ2n) is 6.46. The highest BCUT2D eigenvalue weighted by molar-refractivity contribution is 5.99. The Kier molecular flexibility index (Phi) is 3.59. The Balaban J connectivity index is 1.57. The number of carbonyl (C=O) groups excluding carboxylic acids is 1. The summed E-state index contributed by atoms with van der Waals surface area (Å²) in [7, 11) is 0. The van der Waals surface area contributed by atoms with E-state index in [4.69, 9.17) is 0 Å². The number of aromatic nitrogens is 3. The Morgan fingerprint density at radius 3 is 3.04 bits per heavy atom. The molecule has 2 heterocycles. The number of rotatable bonds is 3. The predicted octanol–water partition coefficient (Wildman–Crippen LogP) is 3.34. The molecule has 0 spiro atoms. The highest BCUT2D eigenvalue weighted by Crippen LogP contribution is 2.30. The van der Waals surface area contributed by atoms with Gasteiger partial charge in [0.1, 0.15) is 11.5 Å². The minimum absolute atomic E-state index is 0.0796. The molecule has 6 heteroatoms. The zero-order valence-corrected chi connectivity index (χ0v) is 13.4. The molecule has 0 saturated heterocycles. The van der Waals surface area contributed by atoms with Gasteiger partial charge in [0.15, 0.2) is 0 Å². The molecule has 1 saturated carbocycles. The first kappa shape index (κ1) is 14.9. The van der Waals surface area contributed by atoms with Gasteiger partial charge in [-0.1, -0.05) is 0 Å². The van der Waals surface area contributed by atoms with Gasteiger partial charge >= 0.3 is 0 Å². The maximum absolute atomic E-state index is 13.5. The molecule has 1 amide bonds. The van der Waals surface area contributed by atoms with Crippen molar-refractivity contribution in [3.63, 3.8) is 0 Å². The lowest BCUT2D eigenvalue weighted by atomic mass is 10.1. The Morgan fingerprint density at radius 1 is 1.38 bits per heavy atom. The summed E-state index contributed by atoms with van der Waals surface area (Å²) < 4.78 is 15.6. The molecule has 4 rings (SSSR count). The first-order valence-electron chi connectivity index (χ1n) is 8.19. The van der Waals surface area contributed by atoms with E-state index in [0.29, 0.717) is 11.2 Å². The molecular formula is C18H19FN4O. The largest absolute Gasteiger partial charge is 0.350 e. The van der Waals surface area contributed by atoms with Crippen LogP contribution in [0.2, 0.25) is 0 Å². The summed E-state index contributed by atoms with van der Waals surface area (Å²) in [5.74, 6) is -0.451. The van der Waals surface area contributed by atoms with Crippen LogP contribution in [0.25, 0.3) is 10.9 Å². The van der Waals surface area contributed by atoms with E-state index in [2.05, 4.69) is 19.9 Å². The third-order valence-corrected chi connectivity index (χ3v) is 4.86. The number of nitrogens with zero attached hydrogens (tertiary/aromatic N) is 2. The van der Waals surface area contributed by atoms with Crippen LogP contribution in [-0.4, -0.2) is 26.5 Å². The van der Waals surface area contributed by atoms with Crippen molar-refractivity contribution in [3.8, 4) is 0 Å². The lowest BCUT2D eigenvalue weighted by Gasteiger charge is -2.21. The second kappa shape index (κ2) is 5.78. The van der Waals surface area contributed by atoms with Crippen molar-refractivity contribution in [2.24, 2.45) is 0 Å². The van der Waals surface area contributed by atoms with Gasteiger partial charge in [-0.25, -0.2) is 9.37 Å². The van der Waals surface area contributed by atoms with E-state index < -0.39 is 0 Å². The zero-order valence-electron chi connectivity index (χ0n) is 13.4. The van der Waals surface area contributed by atoms with Gasteiger partial charge in [-0.05, 0) is 49.9 Å². The van der Waals surface area contributed by atoms with Crippen LogP contribution in [0.3, 0.4) is 0 Å². The van der Waals surface area contributed by atoms with E-state index in [1.54, 1.807) is 18.6 Å². The fraction of sp³-hybridized carbons (Fsp3) is 0.333. The smallest absolute Gasteiger partial charge is 0.268 e. The summed E-state index contributed by atoms with van der Waals surface area (Å²) in [6, 6.07) is 5.00. The second-order valence-corrected chi connectivity index (χ2v) is 6.46. The van der Waals surface area contributed by atoms with Gasteiger partial charge in [-0.2, -0.15) is 0 Å². The molecule has 5 nitrogen and oxygen atoms in total. The van der Waals surface area contributed by atoms with Crippen molar-refractivity contribution >= 4 is 16.8 Å². The molecule has 0 radical (unpaired) electrons. The lowest BCUT2D eigenvalue weighted by molar-refractivity contribution is 0.0924. The van der Waals surface area contributed by atoms with Gasteiger partial charge in [-0.3, -0.25) is 4.79 Å². The number of aryl methyl sites for hydroxylation is 1. The monoisotopic (exact) mass is 326 g/mol. The standard InChI is InChI=1S/C18H19FN4O/c1-11-7-12(19)8-15-13(11)9-16(21-15)18(24)22-14-3-2-4-17(14)23-6-5-20-10-23/h5-10,14,17,21H,2-4H2,1H3,(H,22,24)/t14-,17-/m1/s1. The molecule has 3 aromatic rings. The van der Waals surface area contributed by atoms with Crippen LogP contribution in [0.4, 0.5) is 4.39 Å². The highest BCUT2D eigenvalue weighted by Gasteiger charge is 2.30. The average Bonchev–Trinajstić information content (AvgIpc) is 3.26. The van der Waals surface area contributed by atoms with E-state index in [1.165, 1.54) is 12.1 Å². The number of carbonyl (C=O) groups is 1. The third-order valence-electron chi connectivity index (χ3n) is 4.86. The van der Waals surface area contributed by atoms with Gasteiger partial charge in [-0.15, -0.1) is 0 Å². The summed E-state index contributed by atoms with van der Waals surface area (Å²) in [5.41, 5.74) is 1.93. The first-order chi connectivity index (χ1) is 11.6. The number of fused-ring (bicyclic) bond motifs is 1. The molecule has 1 fully saturated rings. The number of imidazole rings is 1. The summed E-state index contributed by atoms with van der Waals surface area (Å²) in [4.78, 5) is 19.7. The van der Waals surface area contributed by atoms with Crippen molar-refractivity contribution < 1.29 is 9.18 Å². The molecule has 1 aliphatic rings. The van der Waals surface area contributed by atoms with Crippen molar-refractivity contribution in [1.29, 1.82) is 0 Å². The molecule has 2 N–H and O–H groups in total. The quantitative estimate of drug-likeness (QED) is 0.775. The summed E-state index contributed by atoms with van der Waals surface area (Å²) >= 11 is 0. The molecule has 124 valence electrons. The van der Waals surface area contributed by atoms with E-state index >= 15 is 0 Å². The molecule has 0 unspecified atom stereocenters. The third kappa shape index (κ3) is 2.58. The summed E-state index contributed by atoms with van der Waals surface area (Å²) in [6.07, 6.45) is 8.53. The van der Waals surface area contributed by atoms with Gasteiger partial charge in [0, 0.05) is 29.3 Å². The highest BCUT2D eigenvalue weighted by atomic mass is 19.1. The summed E-state index contributed by atoms with van der Waals surface area (Å²) in [6.45, 7) is 1.84. The van der Waals surface area contributed by atoms with Crippen LogP contribution < -0.4 is 5.32 Å². The Bertz CT molecular complexity index is 884. The fourth-order valence-electron chi connectivity index (χ4n) is 3.67. The predicted molar refractivity (Wildman–Crippen MR) is 89.4 cm³/mol. The van der Waals surface area contributed by atoms with Crippen molar-refractivity contribution in [2.45, 2.75) is 38.3 Å². The van der Waals surface area contributed by atoms with Gasteiger partial charge in [0.05, 0.1) is 12.4 Å². The molecule has 24 heavy (non-hydrogen) atoms. The maximum Gasteiger partial charge on any atom is 0.268 e. The van der Waals surface area contributed by atoms with Gasteiger partial charge in [0.2, 0.25) is 0 Å². The number of hydrogen-bond donors (Lipinski definition) is 2. The lowest BCUT2D eigenvalue weighted by Crippen LogP contribution is -2.38. The zero-order chi connectivity index (χ0) is 16.7. The molecule has 1 aliphatic carbocycles. The maximum atomic E-state index is 13.5. The van der Waals surface area contributed by atoms with Crippen molar-refractivity contribution in [3.05, 3.63) is 54.0 Å². The molecular weight excluding hydrogens is 307 g/mol. The summed E-state index contributed by atoms with van der Waals surface area (Å²) in [5, 5.41) is 3.99. The SMILES string of the molecule is Cc1cc(F)cc2[nH]c(C(=O)N[C@@H]3CCC[C@H]3n3ccnc3)cc12. The van der Waals surface area contributed by atoms with E-state index in [9.17, 15) is 9.18 Å². The number of H-pyrrole nitrogens is 1. The number of benzene rings is 1. The van der Waals surface area contributed by atoms with Crippen LogP contribution in [0, 0.1) is 12.7 Å². The van der Waals surface area contributed by atoms with Crippen LogP contribution in [0.15, 0.2) is 36.9 Å². The van der Waals surface area contributed by atoms with Crippen LogP contribution >= 0.6 is 0 Å². The van der Waals surface area contributed by atoms with E-state index in [-0.39, 0.29) is 23.8 Å². The van der Waals surface area contributed by atoms with Crippen LogP contribution in [0.1, 0.15) is 41.4 Å². The normalized spacial score (nSPS) is 20.6. The molecule has 2 atom stereocenters. The minimum atomic E-state index is -0.301. The van der Waals surface area contributed by atoms with E-state index in [0.717, 1.165) is 30.2 Å². The number of nitrogens with one attached hydrogen (secondary N) is 2. The number of amides is 1. The molecule has 1 aromatic carbocycles. The topological polar surface area (TPSA) is 62.7 Å². The van der Waals surface area contributed by atoms with Crippen LogP contribution in [0.5, 0.6) is 0 Å². The van der Waals surface area contributed by atoms with Crippen molar-refractivity contribution in [1.82, 2.24) is 19.9 Å². The Morgan fingerprint density at radius 2 is 2.25 bits per heavy atom. The number of hydrogen-bond acceptors (Lipinski definition) is 2. The number of halogens is 1. The van der Waals surface area contributed by atoms with Gasteiger partial charge in [0.25, 0.3) is 5.91 Å². The Hall–Kier alpha value is -2.63. The minimum Gasteiger partial charge on any atom is -0.350 e. The molecule has 2 aromatic heterocycles. The van der Waals surface area contributed by atoms with Crippen molar-refractivity contribution in [2.75, 3.05) is 0 Å². The fourth-order valence-corrected chi connectivity index (χ4v) is 3.67. The molecule has 0 aliphatic heterocycles. The Labute approximate surface area is 138 Å². The van der Waals surface area contributed by atoms with Gasteiger partial charge < -0.3 is 14.9 Å². The molecule has 0 bridgehead atoms. The number of aromatic amines is 1. The van der Waals surface area contributed by atoms with E-state index in [1.807, 2.05) is 13.1 Å². The first-order valence-corrected chi connectivity index (χ1v) is 8.19. The van der Waals surface area contributed by atoms with Crippen LogP contribution in [-0.2, 0) is 0 Å².